The standard InChI is InChI=1S/C14H26N2O2/c1-13(2)6-8-14(17-3,9-7-13)12(16-15)11-5-4-10-18-11/h5,12,16H,4,6-10,15H2,1-3H3. The summed E-state index contributed by atoms with van der Waals surface area (Å²) in [5.74, 6) is 6.72. The molecule has 0 aromatic carbocycles. The second-order valence-electron chi connectivity index (χ2n) is 6.28. The lowest BCUT2D eigenvalue weighted by Crippen LogP contribution is -2.57. The van der Waals surface area contributed by atoms with Gasteiger partial charge in [0.1, 0.15) is 11.8 Å². The minimum Gasteiger partial charge on any atom is -0.496 e. The molecule has 0 spiro atoms. The first kappa shape index (κ1) is 13.8. The Morgan fingerprint density at radius 2 is 2.00 bits per heavy atom. The summed E-state index contributed by atoms with van der Waals surface area (Å²) in [6.45, 7) is 5.41. The largest absolute Gasteiger partial charge is 0.496 e. The average Bonchev–Trinajstić information content (AvgIpc) is 2.86. The quantitative estimate of drug-likeness (QED) is 0.596. The zero-order valence-corrected chi connectivity index (χ0v) is 11.8. The Morgan fingerprint density at radius 1 is 1.33 bits per heavy atom. The number of hydrogen-bond donors (Lipinski definition) is 2. The lowest BCUT2D eigenvalue weighted by atomic mass is 9.68. The normalized spacial score (nSPS) is 27.4. The predicted octanol–water partition coefficient (Wildman–Crippen LogP) is 2.11. The lowest BCUT2D eigenvalue weighted by molar-refractivity contribution is -0.0868. The molecule has 1 heterocycles. The van der Waals surface area contributed by atoms with Crippen LogP contribution in [0.4, 0.5) is 0 Å². The Kier molecular flexibility index (Phi) is 3.99. The summed E-state index contributed by atoms with van der Waals surface area (Å²) in [4.78, 5) is 0. The van der Waals surface area contributed by atoms with E-state index in [9.17, 15) is 0 Å². The summed E-state index contributed by atoms with van der Waals surface area (Å²) in [6, 6.07) is -0.0268. The third-order valence-electron chi connectivity index (χ3n) is 4.57. The third kappa shape index (κ3) is 2.56. The SMILES string of the molecule is COC1(C(NN)C2=CCCO2)CCC(C)(C)CC1. The van der Waals surface area contributed by atoms with Crippen LogP contribution in [0.25, 0.3) is 0 Å². The third-order valence-corrected chi connectivity index (χ3v) is 4.57. The van der Waals surface area contributed by atoms with Crippen molar-refractivity contribution >= 4 is 0 Å². The highest BCUT2D eigenvalue weighted by atomic mass is 16.5. The summed E-state index contributed by atoms with van der Waals surface area (Å²) in [7, 11) is 1.79. The highest BCUT2D eigenvalue weighted by molar-refractivity contribution is 5.15. The fraction of sp³-hybridized carbons (Fsp3) is 0.857. The molecule has 0 radical (unpaired) electrons. The Hall–Kier alpha value is -0.580. The molecule has 104 valence electrons. The molecule has 1 fully saturated rings. The van der Waals surface area contributed by atoms with Crippen LogP contribution in [0.1, 0.15) is 46.0 Å². The van der Waals surface area contributed by atoms with E-state index in [1.165, 1.54) is 0 Å². The average molecular weight is 254 g/mol. The van der Waals surface area contributed by atoms with E-state index >= 15 is 0 Å². The topological polar surface area (TPSA) is 56.5 Å². The number of nitrogens with one attached hydrogen (secondary N) is 1. The summed E-state index contributed by atoms with van der Waals surface area (Å²) in [5.41, 5.74) is 3.10. The fourth-order valence-electron chi connectivity index (χ4n) is 3.09. The van der Waals surface area contributed by atoms with E-state index < -0.39 is 0 Å². The van der Waals surface area contributed by atoms with Crippen molar-refractivity contribution in [2.75, 3.05) is 13.7 Å². The van der Waals surface area contributed by atoms with E-state index in [0.717, 1.165) is 44.5 Å². The zero-order chi connectivity index (χ0) is 13.2. The summed E-state index contributed by atoms with van der Waals surface area (Å²) >= 11 is 0. The van der Waals surface area contributed by atoms with Gasteiger partial charge < -0.3 is 9.47 Å². The number of rotatable bonds is 4. The highest BCUT2D eigenvalue weighted by Crippen LogP contribution is 2.44. The molecular formula is C14H26N2O2. The summed E-state index contributed by atoms with van der Waals surface area (Å²) in [5, 5.41) is 0. The molecule has 0 aromatic heterocycles. The van der Waals surface area contributed by atoms with Crippen LogP contribution in [0.15, 0.2) is 11.8 Å². The molecule has 1 saturated carbocycles. The Morgan fingerprint density at radius 3 is 2.44 bits per heavy atom. The first-order chi connectivity index (χ1) is 8.53. The van der Waals surface area contributed by atoms with Crippen LogP contribution in [-0.4, -0.2) is 25.4 Å². The highest BCUT2D eigenvalue weighted by Gasteiger charge is 2.46. The van der Waals surface area contributed by atoms with Gasteiger partial charge in [-0.1, -0.05) is 13.8 Å². The second-order valence-corrected chi connectivity index (χ2v) is 6.28. The van der Waals surface area contributed by atoms with Gasteiger partial charge in [0, 0.05) is 13.5 Å². The molecular weight excluding hydrogens is 228 g/mol. The number of nitrogens with two attached hydrogens (primary N) is 1. The molecule has 4 nitrogen and oxygen atoms in total. The van der Waals surface area contributed by atoms with Crippen LogP contribution in [0.5, 0.6) is 0 Å². The van der Waals surface area contributed by atoms with Gasteiger partial charge in [-0.05, 0) is 37.2 Å². The molecule has 0 amide bonds. The van der Waals surface area contributed by atoms with Crippen molar-refractivity contribution in [1.29, 1.82) is 0 Å². The van der Waals surface area contributed by atoms with Crippen LogP contribution < -0.4 is 11.3 Å². The molecule has 1 atom stereocenters. The number of methoxy groups -OCH3 is 1. The molecule has 0 saturated heterocycles. The number of ether oxygens (including phenoxy) is 2. The van der Waals surface area contributed by atoms with Gasteiger partial charge in [0.05, 0.1) is 12.2 Å². The molecule has 2 rings (SSSR count). The van der Waals surface area contributed by atoms with Gasteiger partial charge in [0.25, 0.3) is 0 Å². The van der Waals surface area contributed by atoms with Crippen LogP contribution in [0.2, 0.25) is 0 Å². The predicted molar refractivity (Wildman–Crippen MR) is 71.8 cm³/mol. The van der Waals surface area contributed by atoms with Crippen LogP contribution in [0.3, 0.4) is 0 Å². The van der Waals surface area contributed by atoms with Gasteiger partial charge >= 0.3 is 0 Å². The minimum atomic E-state index is -0.222. The molecule has 2 aliphatic rings. The van der Waals surface area contributed by atoms with Gasteiger partial charge in [-0.2, -0.15) is 0 Å². The molecule has 3 N–H and O–H groups in total. The molecule has 0 bridgehead atoms. The van der Waals surface area contributed by atoms with Crippen LogP contribution in [0, 0.1) is 5.41 Å². The molecule has 0 aromatic rings. The lowest BCUT2D eigenvalue weighted by Gasteiger charge is -2.46. The van der Waals surface area contributed by atoms with E-state index in [4.69, 9.17) is 15.3 Å². The van der Waals surface area contributed by atoms with Crippen molar-refractivity contribution in [3.05, 3.63) is 11.8 Å². The molecule has 4 heteroatoms. The molecule has 18 heavy (non-hydrogen) atoms. The van der Waals surface area contributed by atoms with E-state index in [0.29, 0.717) is 5.41 Å². The maximum atomic E-state index is 5.87. The van der Waals surface area contributed by atoms with Crippen molar-refractivity contribution in [3.63, 3.8) is 0 Å². The van der Waals surface area contributed by atoms with Crippen molar-refractivity contribution in [1.82, 2.24) is 5.43 Å². The second kappa shape index (κ2) is 5.19. The van der Waals surface area contributed by atoms with Crippen molar-refractivity contribution in [2.24, 2.45) is 11.3 Å². The maximum Gasteiger partial charge on any atom is 0.113 e. The maximum absolute atomic E-state index is 5.87. The zero-order valence-electron chi connectivity index (χ0n) is 11.8. The Balaban J connectivity index is 2.15. The fourth-order valence-corrected chi connectivity index (χ4v) is 3.09. The Labute approximate surface area is 110 Å². The number of hydrazine groups is 1. The van der Waals surface area contributed by atoms with E-state index in [2.05, 4.69) is 25.3 Å². The van der Waals surface area contributed by atoms with E-state index in [-0.39, 0.29) is 11.6 Å². The minimum absolute atomic E-state index is 0.0268. The molecule has 1 unspecified atom stereocenters. The van der Waals surface area contributed by atoms with Gasteiger partial charge in [0.15, 0.2) is 0 Å². The van der Waals surface area contributed by atoms with Crippen LogP contribution >= 0.6 is 0 Å². The van der Waals surface area contributed by atoms with E-state index in [1.54, 1.807) is 7.11 Å². The van der Waals surface area contributed by atoms with E-state index in [1.807, 2.05) is 0 Å². The summed E-state index contributed by atoms with van der Waals surface area (Å²) in [6.07, 6.45) is 7.46. The van der Waals surface area contributed by atoms with Crippen molar-refractivity contribution < 1.29 is 9.47 Å². The number of hydrogen-bond acceptors (Lipinski definition) is 4. The first-order valence-electron chi connectivity index (χ1n) is 6.87. The smallest absolute Gasteiger partial charge is 0.113 e. The van der Waals surface area contributed by atoms with Crippen molar-refractivity contribution in [3.8, 4) is 0 Å². The Bertz CT molecular complexity index is 316. The van der Waals surface area contributed by atoms with Gasteiger partial charge in [-0.25, -0.2) is 5.43 Å². The first-order valence-corrected chi connectivity index (χ1v) is 6.87. The van der Waals surface area contributed by atoms with Gasteiger partial charge in [0.2, 0.25) is 0 Å². The van der Waals surface area contributed by atoms with Crippen molar-refractivity contribution in [2.45, 2.75) is 57.6 Å². The summed E-state index contributed by atoms with van der Waals surface area (Å²) < 4.78 is 11.6. The monoisotopic (exact) mass is 254 g/mol. The molecule has 1 aliphatic heterocycles. The van der Waals surface area contributed by atoms with Gasteiger partial charge in [-0.3, -0.25) is 5.84 Å². The van der Waals surface area contributed by atoms with Crippen LogP contribution in [-0.2, 0) is 9.47 Å². The van der Waals surface area contributed by atoms with Gasteiger partial charge in [-0.15, -0.1) is 0 Å². The molecule has 1 aliphatic carbocycles.